The molecule has 1 fully saturated rings. The summed E-state index contributed by atoms with van der Waals surface area (Å²) in [6, 6.07) is 6.86. The first-order valence-electron chi connectivity index (χ1n) is 7.52. The molecule has 6 heteroatoms. The Bertz CT molecular complexity index is 580. The molecule has 0 saturated carbocycles. The summed E-state index contributed by atoms with van der Waals surface area (Å²) in [6.07, 6.45) is 5.54. The highest BCUT2D eigenvalue weighted by Gasteiger charge is 2.18. The van der Waals surface area contributed by atoms with Crippen molar-refractivity contribution >= 4 is 5.69 Å². The number of nitrogens with zero attached hydrogens (tertiary/aromatic N) is 5. The van der Waals surface area contributed by atoms with Crippen LogP contribution in [0.3, 0.4) is 0 Å². The molecule has 1 aliphatic heterocycles. The van der Waals surface area contributed by atoms with Crippen molar-refractivity contribution in [3.05, 3.63) is 30.1 Å². The van der Waals surface area contributed by atoms with Crippen LogP contribution in [0.25, 0.3) is 5.69 Å². The molecule has 21 heavy (non-hydrogen) atoms. The van der Waals surface area contributed by atoms with Gasteiger partial charge in [0.1, 0.15) is 6.33 Å². The van der Waals surface area contributed by atoms with Crippen LogP contribution in [0.15, 0.2) is 24.5 Å². The van der Waals surface area contributed by atoms with E-state index >= 15 is 0 Å². The lowest BCUT2D eigenvalue weighted by atomic mass is 10.0. The standard InChI is InChI=1S/C15H22N6/c1-12-6-7-13(21-11-17-18-19-21)9-15(12)16-10-14-5-3-4-8-20(14)2/h6-7,9,11,14,16H,3-5,8,10H2,1-2H3. The Morgan fingerprint density at radius 1 is 1.33 bits per heavy atom. The van der Waals surface area contributed by atoms with Gasteiger partial charge in [-0.2, -0.15) is 0 Å². The number of tetrazole rings is 1. The van der Waals surface area contributed by atoms with Gasteiger partial charge in [-0.25, -0.2) is 4.68 Å². The second-order valence-electron chi connectivity index (χ2n) is 5.76. The van der Waals surface area contributed by atoms with Crippen LogP contribution in [0.4, 0.5) is 5.69 Å². The molecule has 1 N–H and O–H groups in total. The van der Waals surface area contributed by atoms with Crippen LogP contribution < -0.4 is 5.32 Å². The van der Waals surface area contributed by atoms with Crippen LogP contribution in [0.1, 0.15) is 24.8 Å². The van der Waals surface area contributed by atoms with Crippen LogP contribution >= 0.6 is 0 Å². The number of rotatable bonds is 4. The molecule has 1 atom stereocenters. The van der Waals surface area contributed by atoms with E-state index in [1.807, 2.05) is 6.07 Å². The van der Waals surface area contributed by atoms with Crippen molar-refractivity contribution in [2.45, 2.75) is 32.2 Å². The van der Waals surface area contributed by atoms with Gasteiger partial charge in [-0.1, -0.05) is 12.5 Å². The summed E-state index contributed by atoms with van der Waals surface area (Å²) in [7, 11) is 2.22. The quantitative estimate of drug-likeness (QED) is 0.930. The van der Waals surface area contributed by atoms with E-state index in [4.69, 9.17) is 0 Å². The predicted molar refractivity (Wildman–Crippen MR) is 82.6 cm³/mol. The minimum Gasteiger partial charge on any atom is -0.383 e. The molecule has 2 aromatic rings. The minimum atomic E-state index is 0.620. The highest BCUT2D eigenvalue weighted by Crippen LogP contribution is 2.21. The largest absolute Gasteiger partial charge is 0.383 e. The molecule has 1 unspecified atom stereocenters. The van der Waals surface area contributed by atoms with Gasteiger partial charge in [-0.3, -0.25) is 0 Å². The van der Waals surface area contributed by atoms with Gasteiger partial charge >= 0.3 is 0 Å². The summed E-state index contributed by atoms with van der Waals surface area (Å²) in [4.78, 5) is 2.46. The Labute approximate surface area is 125 Å². The van der Waals surface area contributed by atoms with Gasteiger partial charge in [0.25, 0.3) is 0 Å². The summed E-state index contributed by atoms with van der Waals surface area (Å²) < 4.78 is 1.68. The van der Waals surface area contributed by atoms with E-state index in [0.29, 0.717) is 6.04 Å². The summed E-state index contributed by atoms with van der Waals surface area (Å²) in [5.74, 6) is 0. The Hall–Kier alpha value is -1.95. The normalized spacial score (nSPS) is 19.6. The average molecular weight is 286 g/mol. The molecular weight excluding hydrogens is 264 g/mol. The van der Waals surface area contributed by atoms with Crippen molar-refractivity contribution in [3.8, 4) is 5.69 Å². The third-order valence-corrected chi connectivity index (χ3v) is 4.28. The van der Waals surface area contributed by atoms with Crippen molar-refractivity contribution < 1.29 is 0 Å². The molecule has 1 aromatic heterocycles. The molecule has 6 nitrogen and oxygen atoms in total. The zero-order valence-corrected chi connectivity index (χ0v) is 12.7. The first-order valence-corrected chi connectivity index (χ1v) is 7.52. The number of aryl methyl sites for hydroxylation is 1. The first-order chi connectivity index (χ1) is 10.2. The molecule has 1 aliphatic rings. The number of hydrogen-bond donors (Lipinski definition) is 1. The molecule has 1 aromatic carbocycles. The average Bonchev–Trinajstić information content (AvgIpc) is 3.02. The molecule has 3 rings (SSSR count). The zero-order chi connectivity index (χ0) is 14.7. The van der Waals surface area contributed by atoms with Crippen LogP contribution in [0.5, 0.6) is 0 Å². The maximum atomic E-state index is 3.94. The Kier molecular flexibility index (Phi) is 4.15. The fourth-order valence-electron chi connectivity index (χ4n) is 2.85. The third-order valence-electron chi connectivity index (χ3n) is 4.28. The number of nitrogens with one attached hydrogen (secondary N) is 1. The van der Waals surface area contributed by atoms with Crippen LogP contribution in [0.2, 0.25) is 0 Å². The molecule has 0 radical (unpaired) electrons. The van der Waals surface area contributed by atoms with Gasteiger partial charge in [-0.15, -0.1) is 5.10 Å². The lowest BCUT2D eigenvalue weighted by Gasteiger charge is -2.33. The number of likely N-dealkylation sites (N-methyl/N-ethyl adjacent to an activating group) is 1. The van der Waals surface area contributed by atoms with Gasteiger partial charge in [-0.05, 0) is 61.5 Å². The predicted octanol–water partition coefficient (Wildman–Crippen LogP) is 1.87. The molecular formula is C15H22N6. The van der Waals surface area contributed by atoms with Gasteiger partial charge in [0.15, 0.2) is 0 Å². The number of anilines is 1. The molecule has 1 saturated heterocycles. The zero-order valence-electron chi connectivity index (χ0n) is 12.7. The molecule has 0 spiro atoms. The number of benzene rings is 1. The topological polar surface area (TPSA) is 58.9 Å². The van der Waals surface area contributed by atoms with E-state index in [2.05, 4.69) is 51.8 Å². The summed E-state index contributed by atoms with van der Waals surface area (Å²) in [6.45, 7) is 4.31. The summed E-state index contributed by atoms with van der Waals surface area (Å²) in [5.41, 5.74) is 3.37. The number of likely N-dealkylation sites (tertiary alicyclic amines) is 1. The van der Waals surface area contributed by atoms with E-state index in [0.717, 1.165) is 17.9 Å². The van der Waals surface area contributed by atoms with E-state index in [9.17, 15) is 0 Å². The van der Waals surface area contributed by atoms with Crippen molar-refractivity contribution in [1.82, 2.24) is 25.1 Å². The highest BCUT2D eigenvalue weighted by atomic mass is 15.5. The maximum absolute atomic E-state index is 3.94. The molecule has 0 amide bonds. The Balaban J connectivity index is 1.71. The molecule has 2 heterocycles. The molecule has 0 bridgehead atoms. The monoisotopic (exact) mass is 286 g/mol. The summed E-state index contributed by atoms with van der Waals surface area (Å²) >= 11 is 0. The van der Waals surface area contributed by atoms with Crippen molar-refractivity contribution in [2.24, 2.45) is 0 Å². The van der Waals surface area contributed by atoms with Gasteiger partial charge in [0.2, 0.25) is 0 Å². The van der Waals surface area contributed by atoms with E-state index < -0.39 is 0 Å². The fraction of sp³-hybridized carbons (Fsp3) is 0.533. The van der Waals surface area contributed by atoms with Crippen molar-refractivity contribution in [3.63, 3.8) is 0 Å². The minimum absolute atomic E-state index is 0.620. The van der Waals surface area contributed by atoms with E-state index in [1.54, 1.807) is 11.0 Å². The van der Waals surface area contributed by atoms with Crippen molar-refractivity contribution in [1.29, 1.82) is 0 Å². The maximum Gasteiger partial charge on any atom is 0.143 e. The second-order valence-corrected chi connectivity index (χ2v) is 5.76. The second kappa shape index (κ2) is 6.22. The highest BCUT2D eigenvalue weighted by molar-refractivity contribution is 5.56. The Morgan fingerprint density at radius 2 is 2.24 bits per heavy atom. The van der Waals surface area contributed by atoms with Crippen LogP contribution in [-0.2, 0) is 0 Å². The van der Waals surface area contributed by atoms with E-state index in [1.165, 1.54) is 31.4 Å². The fourth-order valence-corrected chi connectivity index (χ4v) is 2.85. The number of aromatic nitrogens is 4. The van der Waals surface area contributed by atoms with Gasteiger partial charge in [0.05, 0.1) is 5.69 Å². The number of hydrogen-bond acceptors (Lipinski definition) is 5. The van der Waals surface area contributed by atoms with Crippen LogP contribution in [-0.4, -0.2) is 51.3 Å². The lowest BCUT2D eigenvalue weighted by molar-refractivity contribution is 0.194. The van der Waals surface area contributed by atoms with Crippen LogP contribution in [0, 0.1) is 6.92 Å². The number of piperidine rings is 1. The SMILES string of the molecule is Cc1ccc(-n2cnnn2)cc1NCC1CCCCN1C. The summed E-state index contributed by atoms with van der Waals surface area (Å²) in [5, 5.41) is 14.9. The van der Waals surface area contributed by atoms with Gasteiger partial charge in [0, 0.05) is 18.3 Å². The third kappa shape index (κ3) is 3.21. The first kappa shape index (κ1) is 14.0. The lowest BCUT2D eigenvalue weighted by Crippen LogP contribution is -2.40. The smallest absolute Gasteiger partial charge is 0.143 e. The van der Waals surface area contributed by atoms with E-state index in [-0.39, 0.29) is 0 Å². The molecule has 0 aliphatic carbocycles. The van der Waals surface area contributed by atoms with Crippen molar-refractivity contribution in [2.75, 3.05) is 25.5 Å². The Morgan fingerprint density at radius 3 is 3.00 bits per heavy atom. The van der Waals surface area contributed by atoms with Gasteiger partial charge < -0.3 is 10.2 Å². The molecule has 112 valence electrons.